The number of nitrogens with zero attached hydrogens (tertiary/aromatic N) is 4. The molecule has 0 spiro atoms. The van der Waals surface area contributed by atoms with E-state index in [1.54, 1.807) is 24.5 Å². The minimum absolute atomic E-state index is 0.0175. The first kappa shape index (κ1) is 15.4. The molecule has 5 rings (SSSR count). The van der Waals surface area contributed by atoms with E-state index in [0.29, 0.717) is 11.6 Å². The van der Waals surface area contributed by atoms with Gasteiger partial charge in [0.25, 0.3) is 5.95 Å². The van der Waals surface area contributed by atoms with Crippen LogP contribution in [-0.4, -0.2) is 31.6 Å². The van der Waals surface area contributed by atoms with Crippen LogP contribution in [0.1, 0.15) is 0 Å². The molecule has 1 aliphatic heterocycles. The van der Waals surface area contributed by atoms with Crippen molar-refractivity contribution in [2.45, 2.75) is 0 Å². The van der Waals surface area contributed by atoms with Gasteiger partial charge in [0.05, 0.1) is 5.69 Å². The average Bonchev–Trinajstić information content (AvgIpc) is 3.34. The van der Waals surface area contributed by atoms with Gasteiger partial charge in [0.1, 0.15) is 0 Å². The smallest absolute Gasteiger partial charge is 0.253 e. The van der Waals surface area contributed by atoms with E-state index in [-0.39, 0.29) is 12.7 Å². The van der Waals surface area contributed by atoms with Gasteiger partial charge in [-0.15, -0.1) is 0 Å². The summed E-state index contributed by atoms with van der Waals surface area (Å²) in [6.07, 6.45) is 3.20. The second-order valence-electron chi connectivity index (χ2n) is 5.99. The minimum Gasteiger partial charge on any atom is -0.493 e. The van der Waals surface area contributed by atoms with Crippen LogP contribution in [0.15, 0.2) is 67.0 Å². The monoisotopic (exact) mass is 358 g/mol. The maximum absolute atomic E-state index is 10.2. The Hall–Kier alpha value is -3.87. The van der Waals surface area contributed by atoms with E-state index < -0.39 is 0 Å². The van der Waals surface area contributed by atoms with E-state index in [9.17, 15) is 5.11 Å². The van der Waals surface area contributed by atoms with Gasteiger partial charge in [-0.05, 0) is 29.3 Å². The molecule has 2 aromatic carbocycles. The number of aromatic nitrogens is 4. The molecule has 7 heteroatoms. The number of hydrogen-bond donors (Lipinski definition) is 1. The Balaban J connectivity index is 1.46. The van der Waals surface area contributed by atoms with Gasteiger partial charge in [-0.1, -0.05) is 30.3 Å². The van der Waals surface area contributed by atoms with Gasteiger partial charge in [0, 0.05) is 24.0 Å². The SMILES string of the molecule is Oc1cc(-c2ccc(-c3ccc4c(c3)OCO4)cc2)nn1-c1ncccn1. The predicted molar refractivity (Wildman–Crippen MR) is 97.8 cm³/mol. The van der Waals surface area contributed by atoms with Crippen molar-refractivity contribution in [2.24, 2.45) is 0 Å². The highest BCUT2D eigenvalue weighted by Gasteiger charge is 2.15. The Morgan fingerprint density at radius 1 is 0.815 bits per heavy atom. The number of benzene rings is 2. The summed E-state index contributed by atoms with van der Waals surface area (Å²) in [6, 6.07) is 17.1. The molecule has 3 heterocycles. The number of rotatable bonds is 3. The van der Waals surface area contributed by atoms with E-state index in [1.807, 2.05) is 42.5 Å². The van der Waals surface area contributed by atoms with Crippen LogP contribution in [-0.2, 0) is 0 Å². The van der Waals surface area contributed by atoms with Gasteiger partial charge >= 0.3 is 0 Å². The minimum atomic E-state index is -0.0175. The molecule has 0 bridgehead atoms. The zero-order valence-electron chi connectivity index (χ0n) is 14.1. The fourth-order valence-electron chi connectivity index (χ4n) is 2.97. The molecule has 0 amide bonds. The van der Waals surface area contributed by atoms with Crippen molar-refractivity contribution in [3.63, 3.8) is 0 Å². The number of ether oxygens (including phenoxy) is 2. The summed E-state index contributed by atoms with van der Waals surface area (Å²) in [5, 5.41) is 14.6. The third-order valence-corrected chi connectivity index (χ3v) is 4.32. The summed E-state index contributed by atoms with van der Waals surface area (Å²) < 4.78 is 12.1. The number of hydrogen-bond acceptors (Lipinski definition) is 6. The highest BCUT2D eigenvalue weighted by molar-refractivity contribution is 5.71. The highest BCUT2D eigenvalue weighted by Crippen LogP contribution is 2.36. The standard InChI is InChI=1S/C20H14N4O3/c25-19-11-16(23-24(19)20-21-8-1-9-22-20)14-4-2-13(3-5-14)15-6-7-17-18(10-15)27-12-26-17/h1-11,25H,12H2. The van der Waals surface area contributed by atoms with E-state index in [0.717, 1.165) is 28.2 Å². The van der Waals surface area contributed by atoms with Crippen LogP contribution < -0.4 is 9.47 Å². The molecule has 0 saturated carbocycles. The molecule has 1 N–H and O–H groups in total. The lowest BCUT2D eigenvalue weighted by Crippen LogP contribution is -2.01. The van der Waals surface area contributed by atoms with E-state index in [2.05, 4.69) is 15.1 Å². The van der Waals surface area contributed by atoms with Crippen molar-refractivity contribution in [3.05, 3.63) is 67.0 Å². The van der Waals surface area contributed by atoms with Crippen molar-refractivity contribution in [1.82, 2.24) is 19.7 Å². The van der Waals surface area contributed by atoms with Crippen LogP contribution in [0, 0.1) is 0 Å². The van der Waals surface area contributed by atoms with Crippen LogP contribution >= 0.6 is 0 Å². The Morgan fingerprint density at radius 2 is 1.52 bits per heavy atom. The lowest BCUT2D eigenvalue weighted by molar-refractivity contribution is 0.174. The van der Waals surface area contributed by atoms with Crippen LogP contribution in [0.25, 0.3) is 28.3 Å². The summed E-state index contributed by atoms with van der Waals surface area (Å²) >= 11 is 0. The molecular weight excluding hydrogens is 344 g/mol. The molecule has 7 nitrogen and oxygen atoms in total. The van der Waals surface area contributed by atoms with Crippen LogP contribution in [0.2, 0.25) is 0 Å². The molecule has 0 saturated heterocycles. The molecule has 0 atom stereocenters. The maximum atomic E-state index is 10.2. The van der Waals surface area contributed by atoms with Crippen molar-refractivity contribution in [3.8, 4) is 45.7 Å². The Morgan fingerprint density at radius 3 is 2.33 bits per heavy atom. The molecule has 1 aliphatic rings. The summed E-state index contributed by atoms with van der Waals surface area (Å²) in [4.78, 5) is 8.21. The van der Waals surface area contributed by atoms with Gasteiger partial charge in [-0.25, -0.2) is 9.97 Å². The Bertz CT molecular complexity index is 1110. The second kappa shape index (κ2) is 6.14. The Labute approximate surface area is 154 Å². The molecule has 2 aromatic heterocycles. The molecule has 4 aromatic rings. The lowest BCUT2D eigenvalue weighted by Gasteiger charge is -2.04. The van der Waals surface area contributed by atoms with E-state index in [1.165, 1.54) is 4.68 Å². The first-order valence-electron chi connectivity index (χ1n) is 8.35. The van der Waals surface area contributed by atoms with Gasteiger partial charge in [0.15, 0.2) is 11.5 Å². The lowest BCUT2D eigenvalue weighted by atomic mass is 10.0. The fraction of sp³-hybridized carbons (Fsp3) is 0.0500. The first-order valence-corrected chi connectivity index (χ1v) is 8.35. The van der Waals surface area contributed by atoms with Gasteiger partial charge in [-0.3, -0.25) is 0 Å². The summed E-state index contributed by atoms with van der Waals surface area (Å²) in [5.41, 5.74) is 3.60. The van der Waals surface area contributed by atoms with Gasteiger partial charge in [0.2, 0.25) is 12.7 Å². The summed E-state index contributed by atoms with van der Waals surface area (Å²) in [7, 11) is 0. The van der Waals surface area contributed by atoms with Crippen LogP contribution in [0.3, 0.4) is 0 Å². The highest BCUT2D eigenvalue weighted by atomic mass is 16.7. The molecular formula is C20H14N4O3. The molecule has 27 heavy (non-hydrogen) atoms. The maximum Gasteiger partial charge on any atom is 0.253 e. The zero-order chi connectivity index (χ0) is 18.2. The van der Waals surface area contributed by atoms with Crippen molar-refractivity contribution >= 4 is 0 Å². The van der Waals surface area contributed by atoms with Crippen molar-refractivity contribution in [1.29, 1.82) is 0 Å². The zero-order valence-corrected chi connectivity index (χ0v) is 14.1. The summed E-state index contributed by atoms with van der Waals surface area (Å²) in [6.45, 7) is 0.259. The van der Waals surface area contributed by atoms with Crippen molar-refractivity contribution < 1.29 is 14.6 Å². The molecule has 0 aliphatic carbocycles. The Kier molecular flexibility index (Phi) is 3.50. The molecule has 132 valence electrons. The average molecular weight is 358 g/mol. The van der Waals surface area contributed by atoms with Gasteiger partial charge < -0.3 is 14.6 Å². The normalized spacial score (nSPS) is 12.3. The summed E-state index contributed by atoms with van der Waals surface area (Å²) in [5.74, 6) is 1.82. The third kappa shape index (κ3) is 2.75. The van der Waals surface area contributed by atoms with E-state index >= 15 is 0 Å². The number of aromatic hydroxyl groups is 1. The number of fused-ring (bicyclic) bond motifs is 1. The largest absolute Gasteiger partial charge is 0.493 e. The topological polar surface area (TPSA) is 82.3 Å². The third-order valence-electron chi connectivity index (χ3n) is 4.32. The van der Waals surface area contributed by atoms with E-state index in [4.69, 9.17) is 9.47 Å². The van der Waals surface area contributed by atoms with Gasteiger partial charge in [-0.2, -0.15) is 9.78 Å². The van der Waals surface area contributed by atoms with Crippen molar-refractivity contribution in [2.75, 3.05) is 6.79 Å². The molecule has 0 radical (unpaired) electrons. The first-order chi connectivity index (χ1) is 13.3. The predicted octanol–water partition coefficient (Wildman–Crippen LogP) is 3.43. The van der Waals surface area contributed by atoms with Crippen LogP contribution in [0.4, 0.5) is 0 Å². The van der Waals surface area contributed by atoms with Crippen LogP contribution in [0.5, 0.6) is 17.4 Å². The second-order valence-corrected chi connectivity index (χ2v) is 5.99. The molecule has 0 unspecified atom stereocenters. The molecule has 0 fully saturated rings. The quantitative estimate of drug-likeness (QED) is 0.604. The fourth-order valence-corrected chi connectivity index (χ4v) is 2.97.